The standard InChI is InChI=1S/C15H19N5O2S/c21-14-7-10-8-22-6-5-13(10)19-20(14)12-3-1-11(2-4-12)17-15-18-16-9-23-15/h7,9,11-12H,1-6,8H2,(H,17,18). The molecule has 0 amide bonds. The molecule has 0 atom stereocenters. The summed E-state index contributed by atoms with van der Waals surface area (Å²) in [5.41, 5.74) is 3.69. The van der Waals surface area contributed by atoms with Crippen LogP contribution in [0.15, 0.2) is 16.4 Å². The van der Waals surface area contributed by atoms with E-state index in [1.54, 1.807) is 16.3 Å². The minimum atomic E-state index is -0.00483. The number of hydrogen-bond donors (Lipinski definition) is 1. The van der Waals surface area contributed by atoms with Gasteiger partial charge in [0.05, 0.1) is 24.9 Å². The van der Waals surface area contributed by atoms with Crippen molar-refractivity contribution >= 4 is 16.5 Å². The number of hydrogen-bond acceptors (Lipinski definition) is 7. The van der Waals surface area contributed by atoms with Crippen LogP contribution in [0.2, 0.25) is 0 Å². The Bertz CT molecular complexity index is 722. The van der Waals surface area contributed by atoms with Gasteiger partial charge in [0.25, 0.3) is 5.56 Å². The first kappa shape index (κ1) is 14.8. The van der Waals surface area contributed by atoms with Gasteiger partial charge in [-0.3, -0.25) is 4.79 Å². The van der Waals surface area contributed by atoms with Gasteiger partial charge in [0.1, 0.15) is 5.51 Å². The second-order valence-corrected chi connectivity index (χ2v) is 6.93. The summed E-state index contributed by atoms with van der Waals surface area (Å²) in [4.78, 5) is 12.3. The van der Waals surface area contributed by atoms with Gasteiger partial charge in [-0.1, -0.05) is 11.3 Å². The molecule has 0 bridgehead atoms. The highest BCUT2D eigenvalue weighted by molar-refractivity contribution is 7.13. The third-order valence-electron chi connectivity index (χ3n) is 4.59. The molecule has 23 heavy (non-hydrogen) atoms. The zero-order chi connectivity index (χ0) is 15.6. The molecule has 0 spiro atoms. The summed E-state index contributed by atoms with van der Waals surface area (Å²) in [5.74, 6) is 0. The fourth-order valence-electron chi connectivity index (χ4n) is 3.37. The van der Waals surface area contributed by atoms with Gasteiger partial charge in [-0.2, -0.15) is 5.10 Å². The van der Waals surface area contributed by atoms with E-state index >= 15 is 0 Å². The maximum absolute atomic E-state index is 12.3. The number of aromatic nitrogens is 4. The lowest BCUT2D eigenvalue weighted by molar-refractivity contribution is 0.107. The van der Waals surface area contributed by atoms with Crippen LogP contribution < -0.4 is 10.9 Å². The van der Waals surface area contributed by atoms with Crippen LogP contribution in [-0.2, 0) is 17.8 Å². The Kier molecular flexibility index (Phi) is 4.09. The van der Waals surface area contributed by atoms with Crippen LogP contribution in [0.3, 0.4) is 0 Å². The lowest BCUT2D eigenvalue weighted by Crippen LogP contribution is -2.35. The average Bonchev–Trinajstić information content (AvgIpc) is 3.08. The van der Waals surface area contributed by atoms with E-state index in [-0.39, 0.29) is 11.6 Å². The Hall–Kier alpha value is -1.80. The molecule has 2 aromatic heterocycles. The Balaban J connectivity index is 1.45. The monoisotopic (exact) mass is 333 g/mol. The van der Waals surface area contributed by atoms with Crippen LogP contribution in [0.5, 0.6) is 0 Å². The summed E-state index contributed by atoms with van der Waals surface area (Å²) in [6.07, 6.45) is 4.73. The van der Waals surface area contributed by atoms with E-state index in [0.717, 1.165) is 48.5 Å². The Morgan fingerprint density at radius 2 is 2.17 bits per heavy atom. The van der Waals surface area contributed by atoms with Crippen molar-refractivity contribution in [2.75, 3.05) is 11.9 Å². The molecule has 1 aliphatic carbocycles. The highest BCUT2D eigenvalue weighted by atomic mass is 32.1. The zero-order valence-electron chi connectivity index (χ0n) is 12.8. The summed E-state index contributed by atoms with van der Waals surface area (Å²) < 4.78 is 7.09. The highest BCUT2D eigenvalue weighted by Crippen LogP contribution is 2.29. The largest absolute Gasteiger partial charge is 0.376 e. The van der Waals surface area contributed by atoms with Crippen LogP contribution in [0.25, 0.3) is 0 Å². The van der Waals surface area contributed by atoms with Crippen molar-refractivity contribution in [1.82, 2.24) is 20.0 Å². The predicted molar refractivity (Wildman–Crippen MR) is 86.7 cm³/mol. The van der Waals surface area contributed by atoms with Gasteiger partial charge in [-0.05, 0) is 25.7 Å². The Morgan fingerprint density at radius 1 is 1.30 bits per heavy atom. The quantitative estimate of drug-likeness (QED) is 0.922. The Morgan fingerprint density at radius 3 is 2.96 bits per heavy atom. The second kappa shape index (κ2) is 6.37. The van der Waals surface area contributed by atoms with Crippen molar-refractivity contribution in [2.24, 2.45) is 0 Å². The van der Waals surface area contributed by atoms with E-state index in [0.29, 0.717) is 19.3 Å². The van der Waals surface area contributed by atoms with Crippen LogP contribution in [-0.4, -0.2) is 32.6 Å². The van der Waals surface area contributed by atoms with Gasteiger partial charge in [0.15, 0.2) is 0 Å². The van der Waals surface area contributed by atoms with Crippen molar-refractivity contribution < 1.29 is 4.74 Å². The van der Waals surface area contributed by atoms with Crippen LogP contribution in [0.1, 0.15) is 43.0 Å². The van der Waals surface area contributed by atoms with E-state index in [4.69, 9.17) is 4.74 Å². The SMILES string of the molecule is O=c1cc2c(nn1C1CCC(Nc3nncs3)CC1)CCOC2. The molecule has 7 nitrogen and oxygen atoms in total. The summed E-state index contributed by atoms with van der Waals surface area (Å²) >= 11 is 1.52. The van der Waals surface area contributed by atoms with E-state index in [1.165, 1.54) is 11.3 Å². The molecule has 2 aliphatic rings. The smallest absolute Gasteiger partial charge is 0.267 e. The fourth-order valence-corrected chi connectivity index (χ4v) is 3.89. The number of ether oxygens (including phenoxy) is 1. The minimum Gasteiger partial charge on any atom is -0.376 e. The molecule has 122 valence electrons. The maximum Gasteiger partial charge on any atom is 0.267 e. The number of fused-ring (bicyclic) bond motifs is 1. The third-order valence-corrected chi connectivity index (χ3v) is 5.22. The Labute approximate surface area is 137 Å². The molecule has 2 aromatic rings. The molecule has 4 rings (SSSR count). The van der Waals surface area contributed by atoms with Gasteiger partial charge in [-0.15, -0.1) is 10.2 Å². The van der Waals surface area contributed by atoms with Crippen LogP contribution in [0.4, 0.5) is 5.13 Å². The minimum absolute atomic E-state index is 0.00483. The number of nitrogens with zero attached hydrogens (tertiary/aromatic N) is 4. The maximum atomic E-state index is 12.3. The third kappa shape index (κ3) is 3.13. The summed E-state index contributed by atoms with van der Waals surface area (Å²) in [6.45, 7) is 1.20. The molecule has 8 heteroatoms. The molecular weight excluding hydrogens is 314 g/mol. The molecule has 1 saturated carbocycles. The fraction of sp³-hybridized carbons (Fsp3) is 0.600. The lowest BCUT2D eigenvalue weighted by atomic mass is 9.91. The second-order valence-electron chi connectivity index (χ2n) is 6.10. The van der Waals surface area contributed by atoms with Crippen LogP contribution in [0, 0.1) is 0 Å². The molecular formula is C15H19N5O2S. The molecule has 1 aliphatic heterocycles. The van der Waals surface area contributed by atoms with Crippen molar-refractivity contribution in [3.05, 3.63) is 33.2 Å². The normalized spacial score (nSPS) is 24.2. The number of anilines is 1. The molecule has 1 N–H and O–H groups in total. The van der Waals surface area contributed by atoms with Gasteiger partial charge < -0.3 is 10.1 Å². The molecule has 0 saturated heterocycles. The predicted octanol–water partition coefficient (Wildman–Crippen LogP) is 1.76. The highest BCUT2D eigenvalue weighted by Gasteiger charge is 2.25. The lowest BCUT2D eigenvalue weighted by Gasteiger charge is -2.30. The van der Waals surface area contributed by atoms with E-state index in [2.05, 4.69) is 20.6 Å². The number of rotatable bonds is 3. The van der Waals surface area contributed by atoms with E-state index in [1.807, 2.05) is 0 Å². The zero-order valence-corrected chi connectivity index (χ0v) is 13.6. The average molecular weight is 333 g/mol. The first-order valence-electron chi connectivity index (χ1n) is 8.01. The summed E-state index contributed by atoms with van der Waals surface area (Å²) in [6, 6.07) is 2.30. The first-order chi connectivity index (χ1) is 11.3. The topological polar surface area (TPSA) is 81.9 Å². The summed E-state index contributed by atoms with van der Waals surface area (Å²) in [7, 11) is 0. The molecule has 3 heterocycles. The molecule has 0 radical (unpaired) electrons. The molecule has 0 unspecified atom stereocenters. The molecule has 1 fully saturated rings. The van der Waals surface area contributed by atoms with Crippen molar-refractivity contribution in [3.63, 3.8) is 0 Å². The van der Waals surface area contributed by atoms with E-state index < -0.39 is 0 Å². The van der Waals surface area contributed by atoms with Crippen molar-refractivity contribution in [3.8, 4) is 0 Å². The first-order valence-corrected chi connectivity index (χ1v) is 8.89. The van der Waals surface area contributed by atoms with Gasteiger partial charge in [-0.25, -0.2) is 4.68 Å². The van der Waals surface area contributed by atoms with Crippen molar-refractivity contribution in [1.29, 1.82) is 0 Å². The number of nitrogens with one attached hydrogen (secondary N) is 1. The summed E-state index contributed by atoms with van der Waals surface area (Å²) in [5, 5.41) is 16.8. The van der Waals surface area contributed by atoms with Gasteiger partial charge >= 0.3 is 0 Å². The molecule has 0 aromatic carbocycles. The van der Waals surface area contributed by atoms with Gasteiger partial charge in [0.2, 0.25) is 5.13 Å². The van der Waals surface area contributed by atoms with Gasteiger partial charge in [0, 0.05) is 24.1 Å². The van der Waals surface area contributed by atoms with Crippen molar-refractivity contribution in [2.45, 2.75) is 50.8 Å². The van der Waals surface area contributed by atoms with E-state index in [9.17, 15) is 4.79 Å². The van der Waals surface area contributed by atoms with Crippen LogP contribution >= 0.6 is 11.3 Å².